The molecular formula is C9H13N5. The van der Waals surface area contributed by atoms with Gasteiger partial charge in [0.05, 0.1) is 0 Å². The van der Waals surface area contributed by atoms with Crippen LogP contribution in [0.5, 0.6) is 0 Å². The Balaban J connectivity index is 2.86. The fraction of sp³-hybridized carbons (Fsp3) is 0.333. The third-order valence-electron chi connectivity index (χ3n) is 2.17. The van der Waals surface area contributed by atoms with Gasteiger partial charge < -0.3 is 10.6 Å². The standard InChI is InChI=1S/C9H13N5/c1-6-12-8(10)7(13(2)3)9-11-4-5-14(6)9/h4-5H,10H2,1-3H3. The number of fused-ring (bicyclic) bond motifs is 1. The van der Waals surface area contributed by atoms with Crippen LogP contribution in [0.4, 0.5) is 11.5 Å². The molecular weight excluding hydrogens is 178 g/mol. The highest BCUT2D eigenvalue weighted by atomic mass is 15.2. The van der Waals surface area contributed by atoms with Gasteiger partial charge in [-0.3, -0.25) is 4.40 Å². The molecule has 0 spiro atoms. The molecule has 0 saturated carbocycles. The number of imidazole rings is 1. The first kappa shape index (κ1) is 8.80. The zero-order valence-corrected chi connectivity index (χ0v) is 8.52. The molecule has 0 aliphatic carbocycles. The lowest BCUT2D eigenvalue weighted by atomic mass is 10.4. The smallest absolute Gasteiger partial charge is 0.165 e. The van der Waals surface area contributed by atoms with Crippen molar-refractivity contribution in [3.8, 4) is 0 Å². The van der Waals surface area contributed by atoms with Gasteiger partial charge >= 0.3 is 0 Å². The number of anilines is 2. The third-order valence-corrected chi connectivity index (χ3v) is 2.17. The lowest BCUT2D eigenvalue weighted by Crippen LogP contribution is -2.15. The van der Waals surface area contributed by atoms with Crippen molar-refractivity contribution < 1.29 is 0 Å². The molecule has 14 heavy (non-hydrogen) atoms. The monoisotopic (exact) mass is 191 g/mol. The number of aromatic nitrogens is 3. The largest absolute Gasteiger partial charge is 0.382 e. The Morgan fingerprint density at radius 3 is 2.79 bits per heavy atom. The highest BCUT2D eigenvalue weighted by Crippen LogP contribution is 2.24. The Bertz CT molecular complexity index is 471. The van der Waals surface area contributed by atoms with Crippen molar-refractivity contribution in [1.82, 2.24) is 14.4 Å². The van der Waals surface area contributed by atoms with Crippen LogP contribution in [0.1, 0.15) is 5.82 Å². The number of nitrogens with two attached hydrogens (primary N) is 1. The highest BCUT2D eigenvalue weighted by molar-refractivity contribution is 5.78. The van der Waals surface area contributed by atoms with E-state index in [0.717, 1.165) is 17.2 Å². The van der Waals surface area contributed by atoms with Crippen LogP contribution in [0, 0.1) is 6.92 Å². The zero-order valence-electron chi connectivity index (χ0n) is 8.52. The molecule has 0 aliphatic heterocycles. The topological polar surface area (TPSA) is 59.5 Å². The van der Waals surface area contributed by atoms with E-state index in [0.29, 0.717) is 5.82 Å². The lowest BCUT2D eigenvalue weighted by molar-refractivity contribution is 0.976. The van der Waals surface area contributed by atoms with Crippen LogP contribution in [0.25, 0.3) is 5.65 Å². The molecule has 5 nitrogen and oxygen atoms in total. The van der Waals surface area contributed by atoms with Crippen molar-refractivity contribution in [3.63, 3.8) is 0 Å². The van der Waals surface area contributed by atoms with Gasteiger partial charge in [-0.2, -0.15) is 0 Å². The molecule has 0 aliphatic rings. The molecule has 0 aromatic carbocycles. The summed E-state index contributed by atoms with van der Waals surface area (Å²) in [5.74, 6) is 1.37. The van der Waals surface area contributed by atoms with Gasteiger partial charge in [0.1, 0.15) is 11.5 Å². The van der Waals surface area contributed by atoms with Gasteiger partial charge in [-0.15, -0.1) is 0 Å². The van der Waals surface area contributed by atoms with E-state index < -0.39 is 0 Å². The number of hydrogen-bond acceptors (Lipinski definition) is 4. The predicted molar refractivity (Wildman–Crippen MR) is 56.5 cm³/mol. The molecule has 74 valence electrons. The summed E-state index contributed by atoms with van der Waals surface area (Å²) < 4.78 is 1.92. The first-order chi connectivity index (χ1) is 6.61. The maximum Gasteiger partial charge on any atom is 0.165 e. The summed E-state index contributed by atoms with van der Waals surface area (Å²) in [5.41, 5.74) is 7.55. The van der Waals surface area contributed by atoms with Gasteiger partial charge in [-0.25, -0.2) is 9.97 Å². The number of rotatable bonds is 1. The van der Waals surface area contributed by atoms with Crippen molar-refractivity contribution in [3.05, 3.63) is 18.2 Å². The minimum atomic E-state index is 0.520. The third kappa shape index (κ3) is 1.09. The Morgan fingerprint density at radius 2 is 2.14 bits per heavy atom. The number of nitrogen functional groups attached to an aromatic ring is 1. The van der Waals surface area contributed by atoms with Crippen molar-refractivity contribution in [1.29, 1.82) is 0 Å². The van der Waals surface area contributed by atoms with Gasteiger partial charge in [0.15, 0.2) is 11.5 Å². The summed E-state index contributed by atoms with van der Waals surface area (Å²) in [5, 5.41) is 0. The molecule has 0 unspecified atom stereocenters. The molecule has 0 fully saturated rings. The average Bonchev–Trinajstić information content (AvgIpc) is 2.51. The number of nitrogens with zero attached hydrogens (tertiary/aromatic N) is 4. The Hall–Kier alpha value is -1.78. The normalized spacial score (nSPS) is 10.8. The maximum atomic E-state index is 5.84. The second-order valence-electron chi connectivity index (χ2n) is 3.41. The zero-order chi connectivity index (χ0) is 10.3. The van der Waals surface area contributed by atoms with Crippen LogP contribution in [0.3, 0.4) is 0 Å². The lowest BCUT2D eigenvalue weighted by Gasteiger charge is -2.16. The van der Waals surface area contributed by atoms with Gasteiger partial charge in [0, 0.05) is 26.5 Å². The summed E-state index contributed by atoms with van der Waals surface area (Å²) in [7, 11) is 3.86. The van der Waals surface area contributed by atoms with E-state index >= 15 is 0 Å². The van der Waals surface area contributed by atoms with Crippen LogP contribution in [-0.2, 0) is 0 Å². The SMILES string of the molecule is Cc1nc(N)c(N(C)C)c2nccn12. The summed E-state index contributed by atoms with van der Waals surface area (Å²) in [6.07, 6.45) is 3.63. The summed E-state index contributed by atoms with van der Waals surface area (Å²) in [6, 6.07) is 0. The molecule has 0 amide bonds. The van der Waals surface area contributed by atoms with E-state index in [1.807, 2.05) is 36.5 Å². The van der Waals surface area contributed by atoms with Crippen LogP contribution in [-0.4, -0.2) is 28.5 Å². The fourth-order valence-corrected chi connectivity index (χ4v) is 1.56. The van der Waals surface area contributed by atoms with E-state index in [4.69, 9.17) is 5.73 Å². The van der Waals surface area contributed by atoms with Crippen molar-refractivity contribution in [2.24, 2.45) is 0 Å². The van der Waals surface area contributed by atoms with E-state index in [2.05, 4.69) is 9.97 Å². The second-order valence-corrected chi connectivity index (χ2v) is 3.41. The van der Waals surface area contributed by atoms with Gasteiger partial charge in [0.2, 0.25) is 0 Å². The van der Waals surface area contributed by atoms with Gasteiger partial charge in [0.25, 0.3) is 0 Å². The number of aryl methyl sites for hydroxylation is 1. The molecule has 2 rings (SSSR count). The Morgan fingerprint density at radius 1 is 1.43 bits per heavy atom. The first-order valence-electron chi connectivity index (χ1n) is 4.37. The first-order valence-corrected chi connectivity index (χ1v) is 4.37. The Kier molecular flexibility index (Phi) is 1.80. The van der Waals surface area contributed by atoms with Crippen LogP contribution < -0.4 is 10.6 Å². The Labute approximate surface area is 82.2 Å². The van der Waals surface area contributed by atoms with E-state index in [-0.39, 0.29) is 0 Å². The van der Waals surface area contributed by atoms with Gasteiger partial charge in [-0.05, 0) is 6.92 Å². The summed E-state index contributed by atoms with van der Waals surface area (Å²) in [4.78, 5) is 10.4. The average molecular weight is 191 g/mol. The fourth-order valence-electron chi connectivity index (χ4n) is 1.56. The van der Waals surface area contributed by atoms with Crippen molar-refractivity contribution in [2.45, 2.75) is 6.92 Å². The van der Waals surface area contributed by atoms with Crippen LogP contribution >= 0.6 is 0 Å². The van der Waals surface area contributed by atoms with Crippen LogP contribution in [0.15, 0.2) is 12.4 Å². The van der Waals surface area contributed by atoms with E-state index in [1.165, 1.54) is 0 Å². The molecule has 0 atom stereocenters. The molecule has 2 heterocycles. The molecule has 0 bridgehead atoms. The molecule has 2 aromatic rings. The van der Waals surface area contributed by atoms with E-state index in [1.54, 1.807) is 6.20 Å². The van der Waals surface area contributed by atoms with Gasteiger partial charge in [-0.1, -0.05) is 0 Å². The number of hydrogen-bond donors (Lipinski definition) is 1. The predicted octanol–water partition coefficient (Wildman–Crippen LogP) is 0.686. The highest BCUT2D eigenvalue weighted by Gasteiger charge is 2.11. The van der Waals surface area contributed by atoms with Crippen molar-refractivity contribution >= 4 is 17.2 Å². The minimum absolute atomic E-state index is 0.520. The summed E-state index contributed by atoms with van der Waals surface area (Å²) >= 11 is 0. The molecule has 2 aromatic heterocycles. The minimum Gasteiger partial charge on any atom is -0.382 e. The molecule has 0 saturated heterocycles. The second kappa shape index (κ2) is 2.87. The maximum absolute atomic E-state index is 5.84. The summed E-state index contributed by atoms with van der Waals surface area (Å²) in [6.45, 7) is 1.91. The quantitative estimate of drug-likeness (QED) is 0.720. The van der Waals surface area contributed by atoms with Crippen LogP contribution in [0.2, 0.25) is 0 Å². The molecule has 0 radical (unpaired) electrons. The molecule has 2 N–H and O–H groups in total. The molecule has 5 heteroatoms. The van der Waals surface area contributed by atoms with E-state index in [9.17, 15) is 0 Å². The van der Waals surface area contributed by atoms with Crippen molar-refractivity contribution in [2.75, 3.05) is 24.7 Å².